The van der Waals surface area contributed by atoms with Crippen LogP contribution in [0.15, 0.2) is 36.9 Å². The van der Waals surface area contributed by atoms with E-state index in [0.29, 0.717) is 0 Å². The van der Waals surface area contributed by atoms with Crippen molar-refractivity contribution in [2.75, 3.05) is 0 Å². The summed E-state index contributed by atoms with van der Waals surface area (Å²) in [5.74, 6) is -0.168. The Bertz CT molecular complexity index is 286. The molecule has 62 valence electrons. The van der Waals surface area contributed by atoms with Crippen molar-refractivity contribution in [1.29, 1.82) is 0 Å². The van der Waals surface area contributed by atoms with Gasteiger partial charge in [0.15, 0.2) is 0 Å². The van der Waals surface area contributed by atoms with Crippen molar-refractivity contribution < 1.29 is 4.79 Å². The number of hydrogen-bond acceptors (Lipinski definition) is 1. The minimum atomic E-state index is -0.168. The van der Waals surface area contributed by atoms with Gasteiger partial charge >= 0.3 is 0 Å². The van der Waals surface area contributed by atoms with E-state index in [1.54, 1.807) is 6.08 Å². The van der Waals surface area contributed by atoms with Crippen molar-refractivity contribution in [2.45, 2.75) is 5.92 Å². The number of hydrogen-bond donors (Lipinski definition) is 0. The lowest BCUT2D eigenvalue weighted by Crippen LogP contribution is -1.97. The lowest BCUT2D eigenvalue weighted by molar-refractivity contribution is -0.108. The highest BCUT2D eigenvalue weighted by Gasteiger charge is 2.07. The van der Waals surface area contributed by atoms with Gasteiger partial charge in [-0.3, -0.25) is 0 Å². The molecule has 0 aromatic heterocycles. The molecule has 1 unspecified atom stereocenters. The molecule has 1 atom stereocenters. The highest BCUT2D eigenvalue weighted by molar-refractivity contribution is 14.1. The van der Waals surface area contributed by atoms with Crippen LogP contribution in [0.2, 0.25) is 0 Å². The van der Waals surface area contributed by atoms with Gasteiger partial charge in [0.1, 0.15) is 6.29 Å². The van der Waals surface area contributed by atoms with Gasteiger partial charge in [-0.15, -0.1) is 6.58 Å². The summed E-state index contributed by atoms with van der Waals surface area (Å²) in [5.41, 5.74) is 1.03. The summed E-state index contributed by atoms with van der Waals surface area (Å²) in [7, 11) is 0. The molecular formula is C10H9IO. The Balaban J connectivity index is 3.08. The van der Waals surface area contributed by atoms with Crippen LogP contribution in [0.5, 0.6) is 0 Å². The van der Waals surface area contributed by atoms with E-state index in [-0.39, 0.29) is 5.92 Å². The molecule has 0 spiro atoms. The molecule has 0 heterocycles. The van der Waals surface area contributed by atoms with Crippen molar-refractivity contribution in [3.8, 4) is 0 Å². The number of carbonyl (C=O) groups is 1. The number of rotatable bonds is 3. The Morgan fingerprint density at radius 1 is 1.42 bits per heavy atom. The number of allylic oxidation sites excluding steroid dienone is 1. The molecule has 0 fully saturated rings. The summed E-state index contributed by atoms with van der Waals surface area (Å²) >= 11 is 2.22. The summed E-state index contributed by atoms with van der Waals surface area (Å²) in [5, 5.41) is 0. The Hall–Kier alpha value is -0.640. The SMILES string of the molecule is C=CC(C=O)c1ccccc1I. The van der Waals surface area contributed by atoms with Gasteiger partial charge in [0, 0.05) is 3.57 Å². The molecule has 1 aromatic carbocycles. The van der Waals surface area contributed by atoms with Crippen molar-refractivity contribution in [1.82, 2.24) is 0 Å². The zero-order valence-corrected chi connectivity index (χ0v) is 8.69. The topological polar surface area (TPSA) is 17.1 Å². The highest BCUT2D eigenvalue weighted by atomic mass is 127. The van der Waals surface area contributed by atoms with Gasteiger partial charge in [0.05, 0.1) is 5.92 Å². The molecule has 1 rings (SSSR count). The van der Waals surface area contributed by atoms with Crippen molar-refractivity contribution in [3.05, 3.63) is 46.1 Å². The summed E-state index contributed by atoms with van der Waals surface area (Å²) in [6.07, 6.45) is 2.56. The molecule has 1 nitrogen and oxygen atoms in total. The zero-order chi connectivity index (χ0) is 8.97. The molecule has 0 aliphatic heterocycles. The van der Waals surface area contributed by atoms with Gasteiger partial charge in [0.2, 0.25) is 0 Å². The molecule has 0 aliphatic carbocycles. The highest BCUT2D eigenvalue weighted by Crippen LogP contribution is 2.20. The molecule has 0 saturated carbocycles. The van der Waals surface area contributed by atoms with Gasteiger partial charge < -0.3 is 4.79 Å². The first-order valence-corrected chi connectivity index (χ1v) is 4.69. The van der Waals surface area contributed by atoms with E-state index in [0.717, 1.165) is 15.4 Å². The Morgan fingerprint density at radius 2 is 2.08 bits per heavy atom. The van der Waals surface area contributed by atoms with Crippen LogP contribution >= 0.6 is 22.6 Å². The monoisotopic (exact) mass is 272 g/mol. The van der Waals surface area contributed by atoms with Gasteiger partial charge in [-0.25, -0.2) is 0 Å². The maximum atomic E-state index is 10.6. The van der Waals surface area contributed by atoms with Crippen LogP contribution in [0.1, 0.15) is 11.5 Å². The fourth-order valence-electron chi connectivity index (χ4n) is 1.00. The smallest absolute Gasteiger partial charge is 0.131 e. The minimum Gasteiger partial charge on any atom is -0.302 e. The molecular weight excluding hydrogens is 263 g/mol. The number of aldehydes is 1. The van der Waals surface area contributed by atoms with Crippen LogP contribution in [0, 0.1) is 3.57 Å². The summed E-state index contributed by atoms with van der Waals surface area (Å²) in [6, 6.07) is 7.81. The fourth-order valence-corrected chi connectivity index (χ4v) is 1.75. The standard InChI is InChI=1S/C10H9IO/c1-2-8(7-12)9-5-3-4-6-10(9)11/h2-8H,1H2. The largest absolute Gasteiger partial charge is 0.302 e. The summed E-state index contributed by atoms with van der Waals surface area (Å²) in [4.78, 5) is 10.6. The lowest BCUT2D eigenvalue weighted by Gasteiger charge is -2.06. The molecule has 0 aliphatic rings. The van der Waals surface area contributed by atoms with Gasteiger partial charge in [-0.2, -0.15) is 0 Å². The van der Waals surface area contributed by atoms with Crippen LogP contribution in [0.4, 0.5) is 0 Å². The quantitative estimate of drug-likeness (QED) is 0.470. The Labute approximate surface area is 85.6 Å². The van der Waals surface area contributed by atoms with E-state index in [2.05, 4.69) is 29.2 Å². The molecule has 2 heteroatoms. The maximum absolute atomic E-state index is 10.6. The minimum absolute atomic E-state index is 0.168. The first-order chi connectivity index (χ1) is 5.79. The first kappa shape index (κ1) is 9.45. The van der Waals surface area contributed by atoms with Crippen LogP contribution in [0.3, 0.4) is 0 Å². The van der Waals surface area contributed by atoms with Crippen molar-refractivity contribution >= 4 is 28.9 Å². The van der Waals surface area contributed by atoms with Crippen LogP contribution < -0.4 is 0 Å². The van der Waals surface area contributed by atoms with E-state index < -0.39 is 0 Å². The summed E-state index contributed by atoms with van der Waals surface area (Å²) < 4.78 is 1.10. The van der Waals surface area contributed by atoms with Gasteiger partial charge in [-0.1, -0.05) is 24.3 Å². The predicted octanol–water partition coefficient (Wildman–Crippen LogP) is 2.76. The maximum Gasteiger partial charge on any atom is 0.131 e. The number of carbonyl (C=O) groups excluding carboxylic acids is 1. The molecule has 0 N–H and O–H groups in total. The number of halogens is 1. The second kappa shape index (κ2) is 4.40. The average Bonchev–Trinajstić information content (AvgIpc) is 2.10. The second-order valence-corrected chi connectivity index (χ2v) is 3.58. The second-order valence-electron chi connectivity index (χ2n) is 2.42. The third-order valence-corrected chi connectivity index (χ3v) is 2.65. The molecule has 0 radical (unpaired) electrons. The molecule has 0 amide bonds. The first-order valence-electron chi connectivity index (χ1n) is 3.62. The van der Waals surface area contributed by atoms with Crippen LogP contribution in [0.25, 0.3) is 0 Å². The third kappa shape index (κ3) is 1.94. The normalized spacial score (nSPS) is 12.1. The molecule has 0 bridgehead atoms. The fraction of sp³-hybridized carbons (Fsp3) is 0.100. The Morgan fingerprint density at radius 3 is 2.58 bits per heavy atom. The lowest BCUT2D eigenvalue weighted by atomic mass is 10.0. The predicted molar refractivity (Wildman–Crippen MR) is 58.2 cm³/mol. The number of benzene rings is 1. The Kier molecular flexibility index (Phi) is 3.47. The van der Waals surface area contributed by atoms with E-state index in [1.807, 2.05) is 24.3 Å². The van der Waals surface area contributed by atoms with E-state index in [1.165, 1.54) is 0 Å². The van der Waals surface area contributed by atoms with Crippen molar-refractivity contribution in [3.63, 3.8) is 0 Å². The van der Waals surface area contributed by atoms with E-state index in [9.17, 15) is 4.79 Å². The zero-order valence-electron chi connectivity index (χ0n) is 6.53. The average molecular weight is 272 g/mol. The van der Waals surface area contributed by atoms with Gasteiger partial charge in [0.25, 0.3) is 0 Å². The molecule has 12 heavy (non-hydrogen) atoms. The molecule has 1 aromatic rings. The van der Waals surface area contributed by atoms with Crippen LogP contribution in [-0.4, -0.2) is 6.29 Å². The summed E-state index contributed by atoms with van der Waals surface area (Å²) in [6.45, 7) is 3.61. The molecule has 0 saturated heterocycles. The van der Waals surface area contributed by atoms with E-state index in [4.69, 9.17) is 0 Å². The van der Waals surface area contributed by atoms with Gasteiger partial charge in [-0.05, 0) is 34.2 Å². The van der Waals surface area contributed by atoms with E-state index >= 15 is 0 Å². The van der Waals surface area contributed by atoms with Crippen LogP contribution in [-0.2, 0) is 4.79 Å². The van der Waals surface area contributed by atoms with Crippen molar-refractivity contribution in [2.24, 2.45) is 0 Å². The third-order valence-electron chi connectivity index (χ3n) is 1.66.